The SMILES string of the molecule is c1ccc(-c2cc(-c3cccc4c3C3(c5ccccc5-c5ccccc53)c3ccccc3C43c4ccccc4-c4ccccc43)nc(-c3ccccc3)n2)cc1. The van der Waals surface area contributed by atoms with Crippen molar-refractivity contribution in [2.45, 2.75) is 10.8 Å². The smallest absolute Gasteiger partial charge is 0.160 e. The molecule has 1 heterocycles. The van der Waals surface area contributed by atoms with Gasteiger partial charge in [0.05, 0.1) is 22.2 Å². The number of hydrogen-bond donors (Lipinski definition) is 0. The van der Waals surface area contributed by atoms with E-state index in [0.29, 0.717) is 5.82 Å². The van der Waals surface area contributed by atoms with E-state index in [-0.39, 0.29) is 0 Å². The first-order chi connectivity index (χ1) is 27.8. The van der Waals surface area contributed by atoms with Crippen molar-refractivity contribution < 1.29 is 0 Å². The van der Waals surface area contributed by atoms with Gasteiger partial charge in [-0.25, -0.2) is 9.97 Å². The standard InChI is InChI=1S/C54H34N2/c1-3-18-35(19-4-1)49-34-50(56-52(55-49)36-20-5-2-6-21-36)41-26-17-33-48-51(41)54(44-29-13-9-24-39(44)40-25-10-14-30-45(40)54)47-32-16-15-31-46(47)53(48)42-27-11-7-22-37(42)38-23-8-12-28-43(38)53/h1-34H. The third-order valence-electron chi connectivity index (χ3n) is 12.6. The summed E-state index contributed by atoms with van der Waals surface area (Å²) in [4.78, 5) is 10.8. The second kappa shape index (κ2) is 11.7. The molecule has 2 spiro atoms. The molecular formula is C54H34N2. The number of nitrogens with zero attached hydrogens (tertiary/aromatic N) is 2. The second-order valence-corrected chi connectivity index (χ2v) is 15.2. The molecule has 0 atom stereocenters. The van der Waals surface area contributed by atoms with Gasteiger partial charge in [0.1, 0.15) is 0 Å². The first-order valence-corrected chi connectivity index (χ1v) is 19.4. The lowest BCUT2D eigenvalue weighted by Crippen LogP contribution is -2.44. The van der Waals surface area contributed by atoms with Crippen molar-refractivity contribution in [2.75, 3.05) is 0 Å². The molecule has 0 amide bonds. The van der Waals surface area contributed by atoms with Crippen molar-refractivity contribution in [1.82, 2.24) is 9.97 Å². The summed E-state index contributed by atoms with van der Waals surface area (Å²) < 4.78 is 0. The van der Waals surface area contributed by atoms with E-state index in [1.165, 1.54) is 66.8 Å². The Bertz CT molecular complexity index is 2880. The zero-order valence-corrected chi connectivity index (χ0v) is 30.5. The molecule has 3 aliphatic carbocycles. The summed E-state index contributed by atoms with van der Waals surface area (Å²) in [5, 5.41) is 0. The summed E-state index contributed by atoms with van der Waals surface area (Å²) in [6, 6.07) is 75.7. The van der Waals surface area contributed by atoms with Crippen molar-refractivity contribution in [3.8, 4) is 56.2 Å². The van der Waals surface area contributed by atoms with Crippen LogP contribution in [0.2, 0.25) is 0 Å². The van der Waals surface area contributed by atoms with Crippen molar-refractivity contribution in [3.05, 3.63) is 251 Å². The van der Waals surface area contributed by atoms with E-state index in [1.54, 1.807) is 0 Å². The monoisotopic (exact) mass is 710 g/mol. The van der Waals surface area contributed by atoms with Gasteiger partial charge in [0.2, 0.25) is 0 Å². The van der Waals surface area contributed by atoms with E-state index in [0.717, 1.165) is 28.1 Å². The fourth-order valence-electron chi connectivity index (χ4n) is 10.6. The molecule has 0 fully saturated rings. The fraction of sp³-hybridized carbons (Fsp3) is 0.0370. The summed E-state index contributed by atoms with van der Waals surface area (Å²) in [5.41, 5.74) is 19.4. The Balaban J connectivity index is 1.29. The highest BCUT2D eigenvalue weighted by Crippen LogP contribution is 2.68. The zero-order valence-electron chi connectivity index (χ0n) is 30.5. The van der Waals surface area contributed by atoms with Crippen molar-refractivity contribution in [1.29, 1.82) is 0 Å². The Morgan fingerprint density at radius 2 is 0.643 bits per heavy atom. The predicted octanol–water partition coefficient (Wildman–Crippen LogP) is 12.5. The highest BCUT2D eigenvalue weighted by molar-refractivity contribution is 5.96. The van der Waals surface area contributed by atoms with Crippen LogP contribution >= 0.6 is 0 Å². The predicted molar refractivity (Wildman–Crippen MR) is 227 cm³/mol. The molecule has 0 bridgehead atoms. The largest absolute Gasteiger partial charge is 0.228 e. The van der Waals surface area contributed by atoms with Gasteiger partial charge in [-0.3, -0.25) is 0 Å². The van der Waals surface area contributed by atoms with E-state index >= 15 is 0 Å². The summed E-state index contributed by atoms with van der Waals surface area (Å²) in [5.74, 6) is 0.711. The Labute approximate surface area is 326 Å². The third-order valence-corrected chi connectivity index (χ3v) is 12.6. The Morgan fingerprint density at radius 3 is 1.18 bits per heavy atom. The zero-order chi connectivity index (χ0) is 36.8. The van der Waals surface area contributed by atoms with Gasteiger partial charge in [0.15, 0.2) is 5.82 Å². The molecule has 8 aromatic carbocycles. The summed E-state index contributed by atoms with van der Waals surface area (Å²) >= 11 is 0. The molecule has 9 aromatic rings. The van der Waals surface area contributed by atoms with Gasteiger partial charge in [-0.1, -0.05) is 200 Å². The maximum absolute atomic E-state index is 5.52. The molecule has 0 aliphatic heterocycles. The van der Waals surface area contributed by atoms with E-state index in [1.807, 2.05) is 6.07 Å². The average molecular weight is 711 g/mol. The lowest BCUT2D eigenvalue weighted by Gasteiger charge is -2.49. The van der Waals surface area contributed by atoms with Crippen LogP contribution < -0.4 is 0 Å². The summed E-state index contributed by atoms with van der Waals surface area (Å²) in [7, 11) is 0. The van der Waals surface area contributed by atoms with Crippen molar-refractivity contribution >= 4 is 0 Å². The van der Waals surface area contributed by atoms with E-state index in [4.69, 9.17) is 9.97 Å². The van der Waals surface area contributed by atoms with Crippen molar-refractivity contribution in [3.63, 3.8) is 0 Å². The number of hydrogen-bond acceptors (Lipinski definition) is 2. The van der Waals surface area contributed by atoms with E-state index < -0.39 is 10.8 Å². The highest BCUT2D eigenvalue weighted by atomic mass is 14.9. The summed E-state index contributed by atoms with van der Waals surface area (Å²) in [6.45, 7) is 0. The van der Waals surface area contributed by atoms with Gasteiger partial charge in [-0.05, 0) is 72.8 Å². The van der Waals surface area contributed by atoms with Gasteiger partial charge in [-0.2, -0.15) is 0 Å². The van der Waals surface area contributed by atoms with E-state index in [2.05, 4.69) is 200 Å². The number of benzene rings is 8. The van der Waals surface area contributed by atoms with E-state index in [9.17, 15) is 0 Å². The minimum absolute atomic E-state index is 0.565. The minimum Gasteiger partial charge on any atom is -0.228 e. The third kappa shape index (κ3) is 3.95. The summed E-state index contributed by atoms with van der Waals surface area (Å²) in [6.07, 6.45) is 0. The molecule has 1 aromatic heterocycles. The Hall–Kier alpha value is -7.16. The molecule has 0 unspecified atom stereocenters. The van der Waals surface area contributed by atoms with Crippen LogP contribution in [0.4, 0.5) is 0 Å². The number of rotatable bonds is 3. The van der Waals surface area contributed by atoms with Crippen LogP contribution in [0.3, 0.4) is 0 Å². The number of aromatic nitrogens is 2. The van der Waals surface area contributed by atoms with Crippen LogP contribution in [0, 0.1) is 0 Å². The molecule has 12 rings (SSSR count). The lowest BCUT2D eigenvalue weighted by atomic mass is 9.51. The maximum Gasteiger partial charge on any atom is 0.160 e. The molecule has 2 nitrogen and oxygen atoms in total. The Morgan fingerprint density at radius 1 is 0.268 bits per heavy atom. The first kappa shape index (κ1) is 31.2. The van der Waals surface area contributed by atoms with Crippen LogP contribution in [0.25, 0.3) is 56.2 Å². The van der Waals surface area contributed by atoms with Crippen LogP contribution in [0.5, 0.6) is 0 Å². The lowest BCUT2D eigenvalue weighted by molar-refractivity contribution is 0.634. The molecule has 0 saturated heterocycles. The normalized spacial score (nSPS) is 14.4. The molecule has 260 valence electrons. The van der Waals surface area contributed by atoms with Gasteiger partial charge in [-0.15, -0.1) is 0 Å². The van der Waals surface area contributed by atoms with Crippen LogP contribution in [0.15, 0.2) is 206 Å². The molecule has 0 radical (unpaired) electrons. The highest BCUT2D eigenvalue weighted by Gasteiger charge is 2.59. The molecule has 0 N–H and O–H groups in total. The van der Waals surface area contributed by atoms with Gasteiger partial charge in [0, 0.05) is 16.7 Å². The topological polar surface area (TPSA) is 25.8 Å². The molecule has 3 aliphatic rings. The van der Waals surface area contributed by atoms with Crippen LogP contribution in [-0.2, 0) is 10.8 Å². The molecule has 56 heavy (non-hydrogen) atoms. The molecular weight excluding hydrogens is 677 g/mol. The fourth-order valence-corrected chi connectivity index (χ4v) is 10.6. The quantitative estimate of drug-likeness (QED) is 0.182. The molecule has 2 heteroatoms. The second-order valence-electron chi connectivity index (χ2n) is 15.2. The van der Waals surface area contributed by atoms with Gasteiger partial charge >= 0.3 is 0 Å². The number of fused-ring (bicyclic) bond motifs is 16. The average Bonchev–Trinajstić information content (AvgIpc) is 3.74. The van der Waals surface area contributed by atoms with Gasteiger partial charge < -0.3 is 0 Å². The first-order valence-electron chi connectivity index (χ1n) is 19.4. The maximum atomic E-state index is 5.52. The van der Waals surface area contributed by atoms with Crippen LogP contribution in [0.1, 0.15) is 44.5 Å². The van der Waals surface area contributed by atoms with Gasteiger partial charge in [0.25, 0.3) is 0 Å². The minimum atomic E-state index is -0.627. The van der Waals surface area contributed by atoms with Crippen LogP contribution in [-0.4, -0.2) is 9.97 Å². The Kier molecular flexibility index (Phi) is 6.50. The van der Waals surface area contributed by atoms with Crippen molar-refractivity contribution in [2.24, 2.45) is 0 Å². The molecule has 0 saturated carbocycles.